The van der Waals surface area contributed by atoms with Gasteiger partial charge in [0.05, 0.1) is 10.6 Å². The minimum absolute atomic E-state index is 0.0409. The average molecular weight is 281 g/mol. The number of halogens is 1. The van der Waals surface area contributed by atoms with Crippen molar-refractivity contribution in [3.05, 3.63) is 34.9 Å². The Hall–Kier alpha value is -1.06. The minimum atomic E-state index is 0.0409. The Morgan fingerprint density at radius 1 is 1.11 bits per heavy atom. The highest BCUT2D eigenvalue weighted by molar-refractivity contribution is 6.33. The molecule has 0 aromatic heterocycles. The molecule has 1 aromatic rings. The van der Waals surface area contributed by atoms with Gasteiger partial charge in [-0.1, -0.05) is 23.7 Å². The molecule has 1 amide bonds. The summed E-state index contributed by atoms with van der Waals surface area (Å²) in [6, 6.07) is 7.25. The normalized spacial score (nSPS) is 17.6. The third-order valence-electron chi connectivity index (χ3n) is 3.62. The first-order valence-electron chi connectivity index (χ1n) is 6.68. The van der Waals surface area contributed by atoms with E-state index in [-0.39, 0.29) is 11.4 Å². The maximum absolute atomic E-state index is 12.4. The number of benzene rings is 1. The van der Waals surface area contributed by atoms with Gasteiger partial charge in [-0.05, 0) is 32.9 Å². The highest BCUT2D eigenvalue weighted by Gasteiger charge is 2.28. The molecule has 1 heterocycles. The molecular weight excluding hydrogens is 260 g/mol. The molecule has 0 atom stereocenters. The van der Waals surface area contributed by atoms with Crippen LogP contribution < -0.4 is 0 Å². The number of nitrogens with zero attached hydrogens (tertiary/aromatic N) is 2. The summed E-state index contributed by atoms with van der Waals surface area (Å²) in [6.45, 7) is 9.98. The van der Waals surface area contributed by atoms with E-state index in [1.54, 1.807) is 12.1 Å². The number of hydrogen-bond acceptors (Lipinski definition) is 2. The van der Waals surface area contributed by atoms with Gasteiger partial charge in [0.1, 0.15) is 0 Å². The van der Waals surface area contributed by atoms with Crippen LogP contribution in [0, 0.1) is 0 Å². The lowest BCUT2D eigenvalue weighted by Crippen LogP contribution is -2.54. The summed E-state index contributed by atoms with van der Waals surface area (Å²) < 4.78 is 0. The zero-order chi connectivity index (χ0) is 14.0. The molecule has 0 unspecified atom stereocenters. The number of carbonyl (C=O) groups is 1. The summed E-state index contributed by atoms with van der Waals surface area (Å²) in [5, 5.41) is 0.533. The maximum atomic E-state index is 12.4. The highest BCUT2D eigenvalue weighted by atomic mass is 35.5. The van der Waals surface area contributed by atoms with Crippen molar-refractivity contribution in [1.82, 2.24) is 9.80 Å². The molecule has 0 bridgehead atoms. The van der Waals surface area contributed by atoms with Gasteiger partial charge in [-0.25, -0.2) is 0 Å². The van der Waals surface area contributed by atoms with Gasteiger partial charge in [-0.3, -0.25) is 9.69 Å². The monoisotopic (exact) mass is 280 g/mol. The largest absolute Gasteiger partial charge is 0.336 e. The SMILES string of the molecule is CC(C)(C)N1CCN(C(=O)c2ccccc2Cl)CC1. The fourth-order valence-corrected chi connectivity index (χ4v) is 2.60. The van der Waals surface area contributed by atoms with Gasteiger partial charge in [0, 0.05) is 31.7 Å². The van der Waals surface area contributed by atoms with Gasteiger partial charge in [0.15, 0.2) is 0 Å². The first-order valence-corrected chi connectivity index (χ1v) is 7.06. The second-order valence-electron chi connectivity index (χ2n) is 5.93. The van der Waals surface area contributed by atoms with Crippen LogP contribution in [0.25, 0.3) is 0 Å². The zero-order valence-corrected chi connectivity index (χ0v) is 12.6. The molecule has 0 saturated carbocycles. The Morgan fingerprint density at radius 2 is 1.68 bits per heavy atom. The van der Waals surface area contributed by atoms with Crippen LogP contribution in [0.1, 0.15) is 31.1 Å². The van der Waals surface area contributed by atoms with Crippen molar-refractivity contribution >= 4 is 17.5 Å². The van der Waals surface area contributed by atoms with E-state index in [1.165, 1.54) is 0 Å². The Balaban J connectivity index is 2.03. The van der Waals surface area contributed by atoms with Gasteiger partial charge in [0.2, 0.25) is 0 Å². The summed E-state index contributed by atoms with van der Waals surface area (Å²) in [4.78, 5) is 16.7. The molecule has 3 nitrogen and oxygen atoms in total. The van der Waals surface area contributed by atoms with E-state index >= 15 is 0 Å². The Bertz CT molecular complexity index is 459. The van der Waals surface area contributed by atoms with Gasteiger partial charge < -0.3 is 4.90 Å². The Kier molecular flexibility index (Phi) is 4.16. The molecule has 1 saturated heterocycles. The van der Waals surface area contributed by atoms with Crippen molar-refractivity contribution in [2.45, 2.75) is 26.3 Å². The van der Waals surface area contributed by atoms with Gasteiger partial charge >= 0.3 is 0 Å². The molecule has 2 rings (SSSR count). The van der Waals surface area contributed by atoms with Crippen LogP contribution in [0.3, 0.4) is 0 Å². The number of piperazine rings is 1. The molecule has 19 heavy (non-hydrogen) atoms. The third-order valence-corrected chi connectivity index (χ3v) is 3.95. The molecule has 1 aliphatic rings. The van der Waals surface area contributed by atoms with Crippen LogP contribution in [0.15, 0.2) is 24.3 Å². The first kappa shape index (κ1) is 14.4. The fourth-order valence-electron chi connectivity index (χ4n) is 2.39. The van der Waals surface area contributed by atoms with E-state index < -0.39 is 0 Å². The maximum Gasteiger partial charge on any atom is 0.255 e. The predicted octanol–water partition coefficient (Wildman–Crippen LogP) is 2.90. The van der Waals surface area contributed by atoms with Crippen molar-refractivity contribution in [2.24, 2.45) is 0 Å². The standard InChI is InChI=1S/C15H21ClN2O/c1-15(2,3)18-10-8-17(9-11-18)14(19)12-6-4-5-7-13(12)16/h4-7H,8-11H2,1-3H3. The lowest BCUT2D eigenvalue weighted by Gasteiger charge is -2.42. The van der Waals surface area contributed by atoms with Crippen molar-refractivity contribution < 1.29 is 4.79 Å². The molecular formula is C15H21ClN2O. The number of hydrogen-bond donors (Lipinski definition) is 0. The van der Waals surface area contributed by atoms with E-state index in [0.717, 1.165) is 26.2 Å². The van der Waals surface area contributed by atoms with E-state index in [4.69, 9.17) is 11.6 Å². The second-order valence-corrected chi connectivity index (χ2v) is 6.34. The topological polar surface area (TPSA) is 23.6 Å². The first-order chi connectivity index (χ1) is 8.89. The Labute approximate surface area is 120 Å². The minimum Gasteiger partial charge on any atom is -0.336 e. The molecule has 104 valence electrons. The summed E-state index contributed by atoms with van der Waals surface area (Å²) >= 11 is 6.08. The summed E-state index contributed by atoms with van der Waals surface area (Å²) in [5.41, 5.74) is 0.771. The van der Waals surface area contributed by atoms with Crippen LogP contribution in [0.5, 0.6) is 0 Å². The quantitative estimate of drug-likeness (QED) is 0.790. The van der Waals surface area contributed by atoms with Gasteiger partial charge in [-0.15, -0.1) is 0 Å². The lowest BCUT2D eigenvalue weighted by atomic mass is 10.0. The summed E-state index contributed by atoms with van der Waals surface area (Å²) in [7, 11) is 0. The third kappa shape index (κ3) is 3.28. The molecule has 0 aliphatic carbocycles. The van der Waals surface area contributed by atoms with Gasteiger partial charge in [0.25, 0.3) is 5.91 Å². The van der Waals surface area contributed by atoms with E-state index in [0.29, 0.717) is 10.6 Å². The van der Waals surface area contributed by atoms with Crippen LogP contribution in [0.2, 0.25) is 5.02 Å². The van der Waals surface area contributed by atoms with Crippen molar-refractivity contribution in [1.29, 1.82) is 0 Å². The highest BCUT2D eigenvalue weighted by Crippen LogP contribution is 2.20. The predicted molar refractivity (Wildman–Crippen MR) is 78.7 cm³/mol. The zero-order valence-electron chi connectivity index (χ0n) is 11.8. The van der Waals surface area contributed by atoms with Gasteiger partial charge in [-0.2, -0.15) is 0 Å². The molecule has 1 aromatic carbocycles. The smallest absolute Gasteiger partial charge is 0.255 e. The number of amides is 1. The van der Waals surface area contributed by atoms with Crippen LogP contribution in [0.4, 0.5) is 0 Å². The van der Waals surface area contributed by atoms with Crippen LogP contribution in [-0.4, -0.2) is 47.4 Å². The van der Waals surface area contributed by atoms with Crippen LogP contribution >= 0.6 is 11.6 Å². The van der Waals surface area contributed by atoms with Crippen molar-refractivity contribution in [3.63, 3.8) is 0 Å². The van der Waals surface area contributed by atoms with Crippen LogP contribution in [-0.2, 0) is 0 Å². The molecule has 1 aliphatic heterocycles. The average Bonchev–Trinajstić information content (AvgIpc) is 2.38. The number of carbonyl (C=O) groups excluding carboxylic acids is 1. The van der Waals surface area contributed by atoms with Crippen molar-refractivity contribution in [3.8, 4) is 0 Å². The molecule has 1 fully saturated rings. The second kappa shape index (κ2) is 5.51. The lowest BCUT2D eigenvalue weighted by molar-refractivity contribution is 0.0451. The molecule has 0 N–H and O–H groups in total. The molecule has 0 spiro atoms. The summed E-state index contributed by atoms with van der Waals surface area (Å²) in [5.74, 6) is 0.0409. The molecule has 0 radical (unpaired) electrons. The van der Waals surface area contributed by atoms with E-state index in [2.05, 4.69) is 25.7 Å². The van der Waals surface area contributed by atoms with E-state index in [1.807, 2.05) is 17.0 Å². The van der Waals surface area contributed by atoms with Crippen molar-refractivity contribution in [2.75, 3.05) is 26.2 Å². The fraction of sp³-hybridized carbons (Fsp3) is 0.533. The number of rotatable bonds is 1. The van der Waals surface area contributed by atoms with E-state index in [9.17, 15) is 4.79 Å². The Morgan fingerprint density at radius 3 is 2.21 bits per heavy atom. The molecule has 4 heteroatoms. The summed E-state index contributed by atoms with van der Waals surface area (Å²) in [6.07, 6.45) is 0.